The SMILES string of the molecule is C=CCC1=Cc2cocc2C1. The molecule has 0 saturated heterocycles. The van der Waals surface area contributed by atoms with Crippen molar-refractivity contribution in [1.29, 1.82) is 0 Å². The first kappa shape index (κ1) is 6.47. The number of hydrogen-bond acceptors (Lipinski definition) is 1. The number of hydrogen-bond donors (Lipinski definition) is 0. The van der Waals surface area contributed by atoms with Gasteiger partial charge in [-0.25, -0.2) is 0 Å². The maximum atomic E-state index is 5.04. The summed E-state index contributed by atoms with van der Waals surface area (Å²) in [5, 5.41) is 0. The van der Waals surface area contributed by atoms with E-state index in [-0.39, 0.29) is 0 Å². The molecule has 0 fully saturated rings. The molecule has 1 aliphatic carbocycles. The van der Waals surface area contributed by atoms with Crippen LogP contribution in [0.15, 0.2) is 35.2 Å². The van der Waals surface area contributed by atoms with Crippen LogP contribution in [0.5, 0.6) is 0 Å². The van der Waals surface area contributed by atoms with Gasteiger partial charge in [0.25, 0.3) is 0 Å². The van der Waals surface area contributed by atoms with Gasteiger partial charge in [-0.2, -0.15) is 0 Å². The fraction of sp³-hybridized carbons (Fsp3) is 0.200. The first-order valence-corrected chi connectivity index (χ1v) is 3.75. The second-order valence-electron chi connectivity index (χ2n) is 2.82. The van der Waals surface area contributed by atoms with Crippen LogP contribution in [0.1, 0.15) is 17.5 Å². The van der Waals surface area contributed by atoms with E-state index < -0.39 is 0 Å². The maximum absolute atomic E-state index is 5.04. The van der Waals surface area contributed by atoms with E-state index in [0.717, 1.165) is 12.8 Å². The summed E-state index contributed by atoms with van der Waals surface area (Å²) in [7, 11) is 0. The van der Waals surface area contributed by atoms with Gasteiger partial charge in [0.2, 0.25) is 0 Å². The lowest BCUT2D eigenvalue weighted by Crippen LogP contribution is -1.79. The van der Waals surface area contributed by atoms with Gasteiger partial charge in [-0.1, -0.05) is 17.7 Å². The van der Waals surface area contributed by atoms with Gasteiger partial charge < -0.3 is 4.42 Å². The van der Waals surface area contributed by atoms with Crippen molar-refractivity contribution in [3.63, 3.8) is 0 Å². The fourth-order valence-electron chi connectivity index (χ4n) is 1.44. The van der Waals surface area contributed by atoms with Crippen molar-refractivity contribution in [2.75, 3.05) is 0 Å². The average molecular weight is 146 g/mol. The quantitative estimate of drug-likeness (QED) is 0.585. The van der Waals surface area contributed by atoms with Crippen LogP contribution in [0, 0.1) is 0 Å². The number of rotatable bonds is 2. The van der Waals surface area contributed by atoms with Gasteiger partial charge in [0, 0.05) is 11.1 Å². The Morgan fingerprint density at radius 2 is 2.45 bits per heavy atom. The Morgan fingerprint density at radius 1 is 1.55 bits per heavy atom. The van der Waals surface area contributed by atoms with Crippen molar-refractivity contribution in [2.24, 2.45) is 0 Å². The fourth-order valence-corrected chi connectivity index (χ4v) is 1.44. The van der Waals surface area contributed by atoms with Gasteiger partial charge in [-0.3, -0.25) is 0 Å². The van der Waals surface area contributed by atoms with Crippen molar-refractivity contribution < 1.29 is 4.42 Å². The summed E-state index contributed by atoms with van der Waals surface area (Å²) >= 11 is 0. The Morgan fingerprint density at radius 3 is 3.18 bits per heavy atom. The van der Waals surface area contributed by atoms with E-state index in [4.69, 9.17) is 4.42 Å². The Bertz CT molecular complexity index is 304. The van der Waals surface area contributed by atoms with E-state index in [1.54, 1.807) is 6.26 Å². The Labute approximate surface area is 66.0 Å². The highest BCUT2D eigenvalue weighted by Gasteiger charge is 2.12. The highest BCUT2D eigenvalue weighted by atomic mass is 16.3. The molecule has 1 nitrogen and oxygen atoms in total. The summed E-state index contributed by atoms with van der Waals surface area (Å²) < 4.78 is 5.04. The predicted octanol–water partition coefficient (Wildman–Crippen LogP) is 2.80. The molecule has 1 aromatic heterocycles. The van der Waals surface area contributed by atoms with Gasteiger partial charge in [0.15, 0.2) is 0 Å². The highest BCUT2D eigenvalue weighted by molar-refractivity contribution is 5.62. The van der Waals surface area contributed by atoms with Crippen molar-refractivity contribution in [3.8, 4) is 0 Å². The summed E-state index contributed by atoms with van der Waals surface area (Å²) in [5.41, 5.74) is 3.98. The minimum Gasteiger partial charge on any atom is -0.472 e. The third-order valence-electron chi connectivity index (χ3n) is 1.96. The summed E-state index contributed by atoms with van der Waals surface area (Å²) in [6.45, 7) is 3.71. The highest BCUT2D eigenvalue weighted by Crippen LogP contribution is 2.27. The summed E-state index contributed by atoms with van der Waals surface area (Å²) in [6.07, 6.45) is 9.77. The summed E-state index contributed by atoms with van der Waals surface area (Å²) in [6, 6.07) is 0. The van der Waals surface area contributed by atoms with E-state index in [2.05, 4.69) is 12.7 Å². The molecule has 0 unspecified atom stereocenters. The van der Waals surface area contributed by atoms with Crippen LogP contribution < -0.4 is 0 Å². The van der Waals surface area contributed by atoms with Crippen LogP contribution in [-0.4, -0.2) is 0 Å². The number of furan rings is 1. The first-order valence-electron chi connectivity index (χ1n) is 3.75. The normalized spacial score (nSPS) is 14.4. The lowest BCUT2D eigenvalue weighted by molar-refractivity contribution is 0.563. The van der Waals surface area contributed by atoms with E-state index in [1.807, 2.05) is 12.3 Å². The van der Waals surface area contributed by atoms with E-state index in [1.165, 1.54) is 16.7 Å². The largest absolute Gasteiger partial charge is 0.472 e. The first-order chi connectivity index (χ1) is 5.40. The molecule has 0 aliphatic heterocycles. The van der Waals surface area contributed by atoms with E-state index in [9.17, 15) is 0 Å². The van der Waals surface area contributed by atoms with Crippen molar-refractivity contribution >= 4 is 6.08 Å². The lowest BCUT2D eigenvalue weighted by Gasteiger charge is -1.92. The van der Waals surface area contributed by atoms with Crippen LogP contribution in [0.3, 0.4) is 0 Å². The smallest absolute Gasteiger partial charge is 0.0977 e. The molecule has 1 heteroatoms. The van der Waals surface area contributed by atoms with Crippen LogP contribution in [-0.2, 0) is 6.42 Å². The molecule has 0 radical (unpaired) electrons. The standard InChI is InChI=1S/C10H10O/c1-2-3-8-4-9-6-11-7-10(9)5-8/h2,4,6-7H,1,3,5H2. The zero-order valence-electron chi connectivity index (χ0n) is 6.34. The Balaban J connectivity index is 2.24. The van der Waals surface area contributed by atoms with Gasteiger partial charge in [0.05, 0.1) is 12.5 Å². The van der Waals surface area contributed by atoms with E-state index in [0.29, 0.717) is 0 Å². The molecule has 56 valence electrons. The Kier molecular flexibility index (Phi) is 1.42. The third-order valence-corrected chi connectivity index (χ3v) is 1.96. The van der Waals surface area contributed by atoms with Crippen molar-refractivity contribution in [3.05, 3.63) is 41.9 Å². The average Bonchev–Trinajstić information content (AvgIpc) is 2.46. The molecule has 0 atom stereocenters. The molecule has 0 saturated carbocycles. The zero-order chi connectivity index (χ0) is 7.68. The molecule has 1 heterocycles. The molecular formula is C10H10O. The monoisotopic (exact) mass is 146 g/mol. The van der Waals surface area contributed by atoms with Gasteiger partial charge in [-0.05, 0) is 12.8 Å². The van der Waals surface area contributed by atoms with Crippen LogP contribution in [0.4, 0.5) is 0 Å². The number of allylic oxidation sites excluding steroid dienone is 2. The Hall–Kier alpha value is -1.24. The minimum atomic E-state index is 0.995. The van der Waals surface area contributed by atoms with Crippen LogP contribution >= 0.6 is 0 Å². The third kappa shape index (κ3) is 1.03. The summed E-state index contributed by atoms with van der Waals surface area (Å²) in [4.78, 5) is 0. The molecule has 1 aromatic rings. The second-order valence-corrected chi connectivity index (χ2v) is 2.82. The molecule has 0 spiro atoms. The van der Waals surface area contributed by atoms with Crippen LogP contribution in [0.2, 0.25) is 0 Å². The minimum absolute atomic E-state index is 0.995. The summed E-state index contributed by atoms with van der Waals surface area (Å²) in [5.74, 6) is 0. The zero-order valence-corrected chi connectivity index (χ0v) is 6.34. The van der Waals surface area contributed by atoms with E-state index >= 15 is 0 Å². The molecular weight excluding hydrogens is 136 g/mol. The molecule has 0 bridgehead atoms. The molecule has 0 N–H and O–H groups in total. The maximum Gasteiger partial charge on any atom is 0.0977 e. The van der Waals surface area contributed by atoms with Crippen LogP contribution in [0.25, 0.3) is 6.08 Å². The van der Waals surface area contributed by atoms with Crippen molar-refractivity contribution in [1.82, 2.24) is 0 Å². The predicted molar refractivity (Wildman–Crippen MR) is 45.2 cm³/mol. The van der Waals surface area contributed by atoms with Gasteiger partial charge in [-0.15, -0.1) is 6.58 Å². The second kappa shape index (κ2) is 2.42. The molecule has 11 heavy (non-hydrogen) atoms. The molecule has 0 amide bonds. The van der Waals surface area contributed by atoms with Crippen molar-refractivity contribution in [2.45, 2.75) is 12.8 Å². The topological polar surface area (TPSA) is 13.1 Å². The lowest BCUT2D eigenvalue weighted by atomic mass is 10.1. The molecule has 2 rings (SSSR count). The molecule has 0 aromatic carbocycles. The van der Waals surface area contributed by atoms with Gasteiger partial charge >= 0.3 is 0 Å². The van der Waals surface area contributed by atoms with Gasteiger partial charge in [0.1, 0.15) is 0 Å². The number of fused-ring (bicyclic) bond motifs is 1. The molecule has 1 aliphatic rings.